The monoisotopic (exact) mass is 340 g/mol. The first-order chi connectivity index (χ1) is 12.1. The van der Waals surface area contributed by atoms with Gasteiger partial charge in [0.1, 0.15) is 0 Å². The number of rotatable bonds is 5. The number of nitrogens with one attached hydrogen (secondary N) is 1. The van der Waals surface area contributed by atoms with Gasteiger partial charge in [-0.15, -0.1) is 0 Å². The number of nitrogens with zero attached hydrogens (tertiary/aromatic N) is 2. The van der Waals surface area contributed by atoms with Crippen LogP contribution in [0.3, 0.4) is 0 Å². The fraction of sp³-hybridized carbons (Fsp3) is 0.500. The van der Waals surface area contributed by atoms with Crippen LogP contribution in [0, 0.1) is 19.8 Å². The molecule has 2 unspecified atom stereocenters. The van der Waals surface area contributed by atoms with Crippen LogP contribution in [0.1, 0.15) is 42.6 Å². The van der Waals surface area contributed by atoms with Crippen LogP contribution in [-0.2, 0) is 11.2 Å². The summed E-state index contributed by atoms with van der Waals surface area (Å²) in [5.41, 5.74) is 9.85. The van der Waals surface area contributed by atoms with Crippen molar-refractivity contribution in [3.63, 3.8) is 0 Å². The van der Waals surface area contributed by atoms with E-state index in [1.807, 2.05) is 48.9 Å². The molecule has 1 fully saturated rings. The fourth-order valence-corrected chi connectivity index (χ4v) is 3.85. The number of para-hydroxylation sites is 1. The molecule has 2 aromatic rings. The quantitative estimate of drug-likeness (QED) is 0.879. The molecule has 0 radical (unpaired) electrons. The summed E-state index contributed by atoms with van der Waals surface area (Å²) in [6.45, 7) is 4.65. The van der Waals surface area contributed by atoms with Gasteiger partial charge in [-0.3, -0.25) is 4.79 Å². The average molecular weight is 340 g/mol. The van der Waals surface area contributed by atoms with Crippen molar-refractivity contribution in [2.75, 3.05) is 6.54 Å². The van der Waals surface area contributed by atoms with Crippen molar-refractivity contribution in [1.29, 1.82) is 0 Å². The average Bonchev–Trinajstić information content (AvgIpc) is 2.91. The molecule has 2 atom stereocenters. The SMILES string of the molecule is Cc1nn(-c2ccccc2)c(C)c1CC(=O)NC1CCCCC1CN. The Labute approximate surface area is 149 Å². The maximum Gasteiger partial charge on any atom is 0.224 e. The van der Waals surface area contributed by atoms with Gasteiger partial charge in [-0.2, -0.15) is 5.10 Å². The zero-order valence-corrected chi connectivity index (χ0v) is 15.2. The number of carbonyl (C=O) groups is 1. The summed E-state index contributed by atoms with van der Waals surface area (Å²) in [6, 6.07) is 10.2. The topological polar surface area (TPSA) is 72.9 Å². The van der Waals surface area contributed by atoms with E-state index in [1.54, 1.807) is 0 Å². The van der Waals surface area contributed by atoms with Gasteiger partial charge < -0.3 is 11.1 Å². The van der Waals surface area contributed by atoms with Crippen LogP contribution in [0.2, 0.25) is 0 Å². The molecule has 1 aromatic carbocycles. The van der Waals surface area contributed by atoms with Crippen molar-refractivity contribution >= 4 is 5.91 Å². The lowest BCUT2D eigenvalue weighted by Gasteiger charge is -2.31. The third-order valence-corrected chi connectivity index (χ3v) is 5.34. The van der Waals surface area contributed by atoms with Gasteiger partial charge in [0.05, 0.1) is 17.8 Å². The molecular weight excluding hydrogens is 312 g/mol. The molecule has 5 nitrogen and oxygen atoms in total. The molecule has 134 valence electrons. The van der Waals surface area contributed by atoms with E-state index < -0.39 is 0 Å². The van der Waals surface area contributed by atoms with Crippen LogP contribution in [-0.4, -0.2) is 28.3 Å². The van der Waals surface area contributed by atoms with Crippen LogP contribution >= 0.6 is 0 Å². The number of nitrogens with two attached hydrogens (primary N) is 1. The van der Waals surface area contributed by atoms with Crippen molar-refractivity contribution in [1.82, 2.24) is 15.1 Å². The minimum Gasteiger partial charge on any atom is -0.353 e. The Morgan fingerprint density at radius 3 is 2.68 bits per heavy atom. The lowest BCUT2D eigenvalue weighted by atomic mass is 9.84. The molecule has 25 heavy (non-hydrogen) atoms. The molecule has 5 heteroatoms. The maximum atomic E-state index is 12.6. The molecule has 1 aromatic heterocycles. The summed E-state index contributed by atoms with van der Waals surface area (Å²) >= 11 is 0. The van der Waals surface area contributed by atoms with Crippen LogP contribution in [0.15, 0.2) is 30.3 Å². The Balaban J connectivity index is 1.72. The van der Waals surface area contributed by atoms with Gasteiger partial charge in [-0.1, -0.05) is 31.0 Å². The molecule has 0 bridgehead atoms. The van der Waals surface area contributed by atoms with Gasteiger partial charge in [-0.25, -0.2) is 4.68 Å². The lowest BCUT2D eigenvalue weighted by Crippen LogP contribution is -2.45. The first kappa shape index (κ1) is 17.7. The lowest BCUT2D eigenvalue weighted by molar-refractivity contribution is -0.121. The smallest absolute Gasteiger partial charge is 0.224 e. The Morgan fingerprint density at radius 1 is 1.24 bits per heavy atom. The predicted octanol–water partition coefficient (Wildman–Crippen LogP) is 2.67. The third-order valence-electron chi connectivity index (χ3n) is 5.34. The summed E-state index contributed by atoms with van der Waals surface area (Å²) in [5.74, 6) is 0.482. The first-order valence-electron chi connectivity index (χ1n) is 9.20. The highest BCUT2D eigenvalue weighted by Crippen LogP contribution is 2.24. The van der Waals surface area contributed by atoms with E-state index in [4.69, 9.17) is 5.73 Å². The van der Waals surface area contributed by atoms with Crippen molar-refractivity contribution in [2.24, 2.45) is 11.7 Å². The largest absolute Gasteiger partial charge is 0.353 e. The molecule has 1 aliphatic rings. The summed E-state index contributed by atoms with van der Waals surface area (Å²) in [7, 11) is 0. The van der Waals surface area contributed by atoms with Crippen LogP contribution in [0.4, 0.5) is 0 Å². The van der Waals surface area contributed by atoms with Crippen molar-refractivity contribution in [3.8, 4) is 5.69 Å². The van der Waals surface area contributed by atoms with E-state index in [1.165, 1.54) is 12.8 Å². The second kappa shape index (κ2) is 7.83. The van der Waals surface area contributed by atoms with Crippen molar-refractivity contribution in [3.05, 3.63) is 47.3 Å². The number of hydrogen-bond donors (Lipinski definition) is 2. The highest BCUT2D eigenvalue weighted by atomic mass is 16.1. The van der Waals surface area contributed by atoms with E-state index in [9.17, 15) is 4.79 Å². The molecule has 1 aliphatic carbocycles. The fourth-order valence-electron chi connectivity index (χ4n) is 3.85. The first-order valence-corrected chi connectivity index (χ1v) is 9.20. The minimum atomic E-state index is 0.0733. The highest BCUT2D eigenvalue weighted by molar-refractivity contribution is 5.79. The Bertz CT molecular complexity index is 723. The second-order valence-corrected chi connectivity index (χ2v) is 7.03. The zero-order chi connectivity index (χ0) is 17.8. The molecule has 3 N–H and O–H groups in total. The molecule has 1 amide bonds. The minimum absolute atomic E-state index is 0.0733. The number of hydrogen-bond acceptors (Lipinski definition) is 3. The highest BCUT2D eigenvalue weighted by Gasteiger charge is 2.26. The normalized spacial score (nSPS) is 20.4. The summed E-state index contributed by atoms with van der Waals surface area (Å²) in [5, 5.41) is 7.84. The van der Waals surface area contributed by atoms with Crippen LogP contribution < -0.4 is 11.1 Å². The van der Waals surface area contributed by atoms with E-state index in [-0.39, 0.29) is 11.9 Å². The van der Waals surface area contributed by atoms with Gasteiger partial charge in [0.15, 0.2) is 0 Å². The predicted molar refractivity (Wildman–Crippen MR) is 99.7 cm³/mol. The summed E-state index contributed by atoms with van der Waals surface area (Å²) in [4.78, 5) is 12.6. The van der Waals surface area contributed by atoms with E-state index in [0.717, 1.165) is 35.5 Å². The van der Waals surface area contributed by atoms with E-state index in [2.05, 4.69) is 10.4 Å². The molecule has 0 spiro atoms. The molecule has 1 saturated carbocycles. The van der Waals surface area contributed by atoms with Gasteiger partial charge in [0, 0.05) is 17.3 Å². The molecular formula is C20H28N4O. The zero-order valence-electron chi connectivity index (χ0n) is 15.2. The maximum absolute atomic E-state index is 12.6. The molecule has 1 heterocycles. The number of aromatic nitrogens is 2. The Morgan fingerprint density at radius 2 is 1.96 bits per heavy atom. The van der Waals surface area contributed by atoms with Gasteiger partial charge in [0.2, 0.25) is 5.91 Å². The third kappa shape index (κ3) is 3.93. The number of aryl methyl sites for hydroxylation is 1. The Kier molecular flexibility index (Phi) is 5.53. The summed E-state index contributed by atoms with van der Waals surface area (Å²) in [6.07, 6.45) is 4.92. The number of benzene rings is 1. The van der Waals surface area contributed by atoms with Gasteiger partial charge in [-0.05, 0) is 51.3 Å². The molecule has 3 rings (SSSR count). The van der Waals surface area contributed by atoms with Crippen molar-refractivity contribution < 1.29 is 4.79 Å². The van der Waals surface area contributed by atoms with Crippen molar-refractivity contribution in [2.45, 2.75) is 52.0 Å². The van der Waals surface area contributed by atoms with Gasteiger partial charge >= 0.3 is 0 Å². The standard InChI is InChI=1S/C20H28N4O/c1-14-18(15(2)24(23-14)17-9-4-3-5-10-17)12-20(25)22-19-11-7-6-8-16(19)13-21/h3-5,9-10,16,19H,6-8,11-13,21H2,1-2H3,(H,22,25). The van der Waals surface area contributed by atoms with E-state index in [0.29, 0.717) is 18.9 Å². The van der Waals surface area contributed by atoms with Crippen LogP contribution in [0.5, 0.6) is 0 Å². The number of carbonyl (C=O) groups excluding carboxylic acids is 1. The van der Waals surface area contributed by atoms with Crippen LogP contribution in [0.25, 0.3) is 5.69 Å². The second-order valence-electron chi connectivity index (χ2n) is 7.03. The number of amides is 1. The molecule has 0 aliphatic heterocycles. The summed E-state index contributed by atoms with van der Waals surface area (Å²) < 4.78 is 1.92. The van der Waals surface area contributed by atoms with E-state index >= 15 is 0 Å². The van der Waals surface area contributed by atoms with Gasteiger partial charge in [0.25, 0.3) is 0 Å². The molecule has 0 saturated heterocycles. The Hall–Kier alpha value is -2.14.